The standard InChI is InChI=1S/C12H16BrN3OS/c1-7-4-8-2-3-16(7)6-9(8)15-11(17)12-14-5-10(13)18-12/h5,7-9H,2-4,6H2,1H3,(H,15,17)/t7-,8+,9+/m1/s1. The van der Waals surface area contributed by atoms with Gasteiger partial charge in [-0.1, -0.05) is 0 Å². The fourth-order valence-electron chi connectivity index (χ4n) is 3.05. The smallest absolute Gasteiger partial charge is 0.280 e. The Labute approximate surface area is 119 Å². The largest absolute Gasteiger partial charge is 0.346 e. The van der Waals surface area contributed by atoms with Gasteiger partial charge >= 0.3 is 0 Å². The fourth-order valence-corrected chi connectivity index (χ4v) is 4.16. The number of rotatable bonds is 2. The van der Waals surface area contributed by atoms with E-state index in [1.54, 1.807) is 6.20 Å². The van der Waals surface area contributed by atoms with E-state index in [0.29, 0.717) is 23.0 Å². The number of thiazole rings is 1. The molecular weight excluding hydrogens is 314 g/mol. The van der Waals surface area contributed by atoms with Crippen molar-refractivity contribution in [3.05, 3.63) is 15.0 Å². The number of nitrogens with one attached hydrogen (secondary N) is 1. The van der Waals surface area contributed by atoms with Crippen molar-refractivity contribution in [3.63, 3.8) is 0 Å². The van der Waals surface area contributed by atoms with Crippen LogP contribution in [0.4, 0.5) is 0 Å². The average molecular weight is 330 g/mol. The van der Waals surface area contributed by atoms with Gasteiger partial charge in [-0.3, -0.25) is 9.69 Å². The summed E-state index contributed by atoms with van der Waals surface area (Å²) in [5, 5.41) is 3.69. The highest BCUT2D eigenvalue weighted by Gasteiger charge is 2.38. The second-order valence-electron chi connectivity index (χ2n) is 5.18. The molecule has 1 aromatic rings. The van der Waals surface area contributed by atoms with Crippen molar-refractivity contribution in [1.82, 2.24) is 15.2 Å². The van der Waals surface area contributed by atoms with E-state index in [0.717, 1.165) is 10.3 Å². The zero-order valence-electron chi connectivity index (χ0n) is 10.2. The van der Waals surface area contributed by atoms with Crippen molar-refractivity contribution in [3.8, 4) is 0 Å². The second-order valence-corrected chi connectivity index (χ2v) is 7.59. The van der Waals surface area contributed by atoms with Crippen LogP contribution in [0, 0.1) is 5.92 Å². The van der Waals surface area contributed by atoms with Gasteiger partial charge in [-0.25, -0.2) is 4.98 Å². The molecule has 98 valence electrons. The lowest BCUT2D eigenvalue weighted by molar-refractivity contribution is 0.0274. The lowest BCUT2D eigenvalue weighted by Gasteiger charge is -2.48. The molecule has 4 atom stereocenters. The van der Waals surface area contributed by atoms with Crippen LogP contribution in [0.3, 0.4) is 0 Å². The first kappa shape index (κ1) is 12.6. The Morgan fingerprint density at radius 1 is 1.67 bits per heavy atom. The zero-order chi connectivity index (χ0) is 12.7. The van der Waals surface area contributed by atoms with Crippen LogP contribution in [0.15, 0.2) is 9.98 Å². The SMILES string of the molecule is C[C@@H]1C[C@@H]2CCN1C[C@@H]2NC(=O)c1ncc(Br)s1. The number of nitrogens with zero attached hydrogens (tertiary/aromatic N) is 2. The Balaban J connectivity index is 1.65. The highest BCUT2D eigenvalue weighted by molar-refractivity contribution is 9.11. The predicted octanol–water partition coefficient (Wildman–Crippen LogP) is 2.12. The quantitative estimate of drug-likeness (QED) is 0.903. The van der Waals surface area contributed by atoms with Gasteiger partial charge in [-0.2, -0.15) is 0 Å². The molecule has 1 N–H and O–H groups in total. The number of halogens is 1. The minimum atomic E-state index is -0.0305. The number of hydrogen-bond donors (Lipinski definition) is 1. The number of piperidine rings is 3. The van der Waals surface area contributed by atoms with Gasteiger partial charge in [-0.05, 0) is 48.2 Å². The van der Waals surface area contributed by atoms with Crippen molar-refractivity contribution in [2.45, 2.75) is 31.8 Å². The molecule has 3 aliphatic heterocycles. The second kappa shape index (κ2) is 4.90. The highest BCUT2D eigenvalue weighted by atomic mass is 79.9. The van der Waals surface area contributed by atoms with Crippen LogP contribution < -0.4 is 5.32 Å². The molecule has 0 saturated carbocycles. The van der Waals surface area contributed by atoms with E-state index < -0.39 is 0 Å². The van der Waals surface area contributed by atoms with Crippen LogP contribution in [0.1, 0.15) is 29.6 Å². The van der Waals surface area contributed by atoms with Gasteiger partial charge < -0.3 is 5.32 Å². The van der Waals surface area contributed by atoms with Gasteiger partial charge in [0.05, 0.1) is 9.98 Å². The number of fused-ring (bicyclic) bond motifs is 3. The van der Waals surface area contributed by atoms with E-state index in [1.807, 2.05) is 0 Å². The number of carbonyl (C=O) groups is 1. The normalized spacial score (nSPS) is 34.6. The molecule has 2 bridgehead atoms. The van der Waals surface area contributed by atoms with Crippen LogP contribution in [0.2, 0.25) is 0 Å². The molecule has 6 heteroatoms. The van der Waals surface area contributed by atoms with E-state index in [1.165, 1.54) is 30.7 Å². The molecule has 4 nitrogen and oxygen atoms in total. The Kier molecular flexibility index (Phi) is 3.42. The van der Waals surface area contributed by atoms with Crippen molar-refractivity contribution in [1.29, 1.82) is 0 Å². The van der Waals surface area contributed by atoms with Gasteiger partial charge in [-0.15, -0.1) is 11.3 Å². The summed E-state index contributed by atoms with van der Waals surface area (Å²) in [5.74, 6) is 0.606. The minimum Gasteiger partial charge on any atom is -0.346 e. The molecule has 3 aliphatic rings. The topological polar surface area (TPSA) is 45.2 Å². The van der Waals surface area contributed by atoms with E-state index in [-0.39, 0.29) is 5.91 Å². The molecule has 3 saturated heterocycles. The van der Waals surface area contributed by atoms with Crippen LogP contribution in [-0.4, -0.2) is 41.0 Å². The lowest BCUT2D eigenvalue weighted by Crippen LogP contribution is -2.60. The third-order valence-electron chi connectivity index (χ3n) is 4.04. The molecule has 1 amide bonds. The van der Waals surface area contributed by atoms with Crippen LogP contribution in [0.25, 0.3) is 0 Å². The van der Waals surface area contributed by atoms with Crippen LogP contribution in [0.5, 0.6) is 0 Å². The summed E-state index contributed by atoms with van der Waals surface area (Å²) in [6.07, 6.45) is 4.08. The van der Waals surface area contributed by atoms with Crippen molar-refractivity contribution in [2.75, 3.05) is 13.1 Å². The molecule has 3 fully saturated rings. The number of amides is 1. The number of aromatic nitrogens is 1. The van der Waals surface area contributed by atoms with Gasteiger partial charge in [0, 0.05) is 18.6 Å². The third kappa shape index (κ3) is 2.33. The summed E-state index contributed by atoms with van der Waals surface area (Å²) < 4.78 is 0.898. The molecule has 1 unspecified atom stereocenters. The molecule has 0 aromatic carbocycles. The average Bonchev–Trinajstić information content (AvgIpc) is 2.77. The first-order valence-electron chi connectivity index (χ1n) is 6.29. The summed E-state index contributed by atoms with van der Waals surface area (Å²) in [7, 11) is 0. The van der Waals surface area contributed by atoms with E-state index in [9.17, 15) is 4.79 Å². The number of hydrogen-bond acceptors (Lipinski definition) is 4. The maximum Gasteiger partial charge on any atom is 0.280 e. The molecule has 4 heterocycles. The lowest BCUT2D eigenvalue weighted by atomic mass is 9.80. The first-order chi connectivity index (χ1) is 8.63. The van der Waals surface area contributed by atoms with Crippen molar-refractivity contribution < 1.29 is 4.79 Å². The Morgan fingerprint density at radius 2 is 2.50 bits per heavy atom. The fraction of sp³-hybridized carbons (Fsp3) is 0.667. The van der Waals surface area contributed by atoms with Crippen molar-refractivity contribution in [2.24, 2.45) is 5.92 Å². The monoisotopic (exact) mass is 329 g/mol. The van der Waals surface area contributed by atoms with E-state index >= 15 is 0 Å². The highest BCUT2D eigenvalue weighted by Crippen LogP contribution is 2.32. The third-order valence-corrected chi connectivity index (χ3v) is 5.52. The summed E-state index contributed by atoms with van der Waals surface area (Å²) in [4.78, 5) is 18.7. The van der Waals surface area contributed by atoms with Gasteiger partial charge in [0.2, 0.25) is 0 Å². The van der Waals surface area contributed by atoms with Gasteiger partial charge in [0.1, 0.15) is 0 Å². The van der Waals surface area contributed by atoms with Gasteiger partial charge in [0.25, 0.3) is 5.91 Å². The Morgan fingerprint density at radius 3 is 3.06 bits per heavy atom. The Hall–Kier alpha value is -0.460. The molecule has 1 aromatic heterocycles. The molecule has 0 radical (unpaired) electrons. The van der Waals surface area contributed by atoms with Gasteiger partial charge in [0.15, 0.2) is 5.01 Å². The summed E-state index contributed by atoms with van der Waals surface area (Å²) in [5.41, 5.74) is 0. The molecule has 4 rings (SSSR count). The van der Waals surface area contributed by atoms with Crippen molar-refractivity contribution >= 4 is 33.2 Å². The summed E-state index contributed by atoms with van der Waals surface area (Å²) in [6, 6.07) is 0.969. The molecule has 18 heavy (non-hydrogen) atoms. The van der Waals surface area contributed by atoms with Crippen LogP contribution >= 0.6 is 27.3 Å². The molecule has 0 aliphatic carbocycles. The summed E-state index contributed by atoms with van der Waals surface area (Å²) in [6.45, 7) is 4.45. The number of carbonyl (C=O) groups excluding carboxylic acids is 1. The van der Waals surface area contributed by atoms with E-state index in [2.05, 4.69) is 38.1 Å². The van der Waals surface area contributed by atoms with Crippen LogP contribution in [-0.2, 0) is 0 Å². The molecule has 0 spiro atoms. The summed E-state index contributed by atoms with van der Waals surface area (Å²) >= 11 is 4.72. The maximum atomic E-state index is 12.1. The van der Waals surface area contributed by atoms with E-state index in [4.69, 9.17) is 0 Å². The predicted molar refractivity (Wildman–Crippen MR) is 74.8 cm³/mol. The minimum absolute atomic E-state index is 0.0305. The Bertz CT molecular complexity index is 464. The zero-order valence-corrected chi connectivity index (χ0v) is 12.6. The first-order valence-corrected chi connectivity index (χ1v) is 7.90. The maximum absolute atomic E-state index is 12.1. The molecular formula is C12H16BrN3OS.